The lowest BCUT2D eigenvalue weighted by molar-refractivity contribution is -0.238. The number of aliphatic hydroxyl groups excluding tert-OH is 1. The molecule has 0 aromatic heterocycles. The number of nitrogens with one attached hydrogen (secondary N) is 1. The Bertz CT molecular complexity index is 1700. The zero-order chi connectivity index (χ0) is 39.4. The summed E-state index contributed by atoms with van der Waals surface area (Å²) < 4.78 is 6.42. The van der Waals surface area contributed by atoms with Crippen LogP contribution in [-0.4, -0.2) is 46.7 Å². The van der Waals surface area contributed by atoms with Gasteiger partial charge in [0.15, 0.2) is 5.78 Å². The Hall–Kier alpha value is -2.51. The van der Waals surface area contributed by atoms with Crippen molar-refractivity contribution < 1.29 is 29.3 Å². The molecular weight excluding hydrogens is 675 g/mol. The molecule has 0 heterocycles. The van der Waals surface area contributed by atoms with Crippen LogP contribution >= 0.6 is 0 Å². The van der Waals surface area contributed by atoms with Crippen molar-refractivity contribution in [1.29, 1.82) is 0 Å². The van der Waals surface area contributed by atoms with Gasteiger partial charge in [0.25, 0.3) is 0 Å². The van der Waals surface area contributed by atoms with E-state index in [1.807, 2.05) is 19.9 Å². The molecule has 5 saturated carbocycles. The number of carbonyl (C=O) groups excluding carboxylic acids is 2. The van der Waals surface area contributed by atoms with Crippen molar-refractivity contribution in [3.05, 3.63) is 47.0 Å². The molecule has 0 radical (unpaired) electrons. The van der Waals surface area contributed by atoms with E-state index in [-0.39, 0.29) is 63.3 Å². The third-order valence-corrected chi connectivity index (χ3v) is 18.1. The first-order chi connectivity index (χ1) is 25.2. The SMILES string of the molecule is CC(C)C1=C2[C@H]3CC[C@@H]4[C@@]5(C)CC[C@H](OC(=O)[C@H]6C[C@@H](C(=O)O)C6(C)C)C(C)(C)[C@@H]5CC[C@@]4(C)[C@]3(C)CC[C@@]2([C@@H](O)CN[C@H](C)c2ccccc2)CC1=O. The number of rotatable bonds is 9. The first-order valence-corrected chi connectivity index (χ1v) is 21.3. The van der Waals surface area contributed by atoms with E-state index < -0.39 is 28.8 Å². The molecule has 0 amide bonds. The second kappa shape index (κ2) is 13.3. The number of Topliss-reactive ketones (excluding diaryl/α,β-unsaturated/α-hetero) is 1. The number of aliphatic carboxylic acids is 1. The largest absolute Gasteiger partial charge is 0.481 e. The molecule has 0 spiro atoms. The molecule has 5 fully saturated rings. The Morgan fingerprint density at radius 3 is 2.15 bits per heavy atom. The maximum absolute atomic E-state index is 14.1. The van der Waals surface area contributed by atoms with Gasteiger partial charge < -0.3 is 20.3 Å². The summed E-state index contributed by atoms with van der Waals surface area (Å²) in [6.45, 7) is 23.1. The normalized spacial score (nSPS) is 41.8. The minimum absolute atomic E-state index is 0.00190. The standard InChI is InChI=1S/C47H69NO6/c1-27(2)38-33(49)25-47(36(50)26-48-28(3)29-14-12-11-13-15-29)23-22-45(9)30(39(38)47)16-17-35-44(8)20-19-37(43(6,7)34(44)18-21-46(35,45)10)54-41(53)32-24-31(40(51)52)42(32,4)5/h11-15,27-28,30-32,34-37,48,50H,16-26H2,1-10H3,(H,51,52)/t28-,30-,31+,32-,34+,35-,36+,37+,44+,45-,46-,47+/m1/s1. The van der Waals surface area contributed by atoms with E-state index in [1.165, 1.54) is 11.1 Å². The predicted molar refractivity (Wildman–Crippen MR) is 211 cm³/mol. The number of carboxylic acids is 1. The van der Waals surface area contributed by atoms with Gasteiger partial charge in [-0.05, 0) is 121 Å². The first kappa shape index (κ1) is 39.7. The fourth-order valence-corrected chi connectivity index (χ4v) is 14.6. The number of carbonyl (C=O) groups is 3. The number of aliphatic hydroxyl groups is 1. The summed E-state index contributed by atoms with van der Waals surface area (Å²) in [6, 6.07) is 10.5. The van der Waals surface area contributed by atoms with Crippen LogP contribution in [0.2, 0.25) is 0 Å². The van der Waals surface area contributed by atoms with Crippen molar-refractivity contribution in [2.24, 2.45) is 68.0 Å². The van der Waals surface area contributed by atoms with Gasteiger partial charge in [0.05, 0.1) is 17.9 Å². The van der Waals surface area contributed by atoms with Crippen LogP contribution in [-0.2, 0) is 19.1 Å². The monoisotopic (exact) mass is 744 g/mol. The first-order valence-electron chi connectivity index (χ1n) is 21.3. The van der Waals surface area contributed by atoms with E-state index in [9.17, 15) is 24.6 Å². The molecule has 12 atom stereocenters. The summed E-state index contributed by atoms with van der Waals surface area (Å²) in [5.41, 5.74) is 2.35. The highest BCUT2D eigenvalue weighted by molar-refractivity contribution is 6.00. The molecule has 3 N–H and O–H groups in total. The van der Waals surface area contributed by atoms with E-state index in [2.05, 4.69) is 85.0 Å². The Morgan fingerprint density at radius 1 is 0.833 bits per heavy atom. The molecule has 7 heteroatoms. The molecule has 0 aliphatic heterocycles. The van der Waals surface area contributed by atoms with Crippen LogP contribution in [0.15, 0.2) is 41.5 Å². The topological polar surface area (TPSA) is 113 Å². The Labute approximate surface area is 324 Å². The van der Waals surface area contributed by atoms with Gasteiger partial charge in [-0.1, -0.05) is 98.2 Å². The Morgan fingerprint density at radius 2 is 1.52 bits per heavy atom. The van der Waals surface area contributed by atoms with E-state index in [1.54, 1.807) is 0 Å². The third kappa shape index (κ3) is 5.57. The van der Waals surface area contributed by atoms with Crippen LogP contribution in [0.1, 0.15) is 145 Å². The van der Waals surface area contributed by atoms with Crippen LogP contribution in [0.25, 0.3) is 0 Å². The summed E-state index contributed by atoms with van der Waals surface area (Å²) >= 11 is 0. The molecule has 6 aliphatic carbocycles. The number of hydrogen-bond acceptors (Lipinski definition) is 6. The second-order valence-corrected chi connectivity index (χ2v) is 21.2. The van der Waals surface area contributed by atoms with Crippen molar-refractivity contribution in [1.82, 2.24) is 5.32 Å². The van der Waals surface area contributed by atoms with Gasteiger partial charge in [0.1, 0.15) is 6.10 Å². The van der Waals surface area contributed by atoms with Crippen molar-refractivity contribution in [2.75, 3.05) is 6.54 Å². The smallest absolute Gasteiger partial charge is 0.309 e. The number of allylic oxidation sites excluding steroid dienone is 1. The van der Waals surface area contributed by atoms with Crippen molar-refractivity contribution >= 4 is 17.7 Å². The molecule has 1 aromatic rings. The van der Waals surface area contributed by atoms with Crippen LogP contribution in [0.3, 0.4) is 0 Å². The summed E-state index contributed by atoms with van der Waals surface area (Å²) in [7, 11) is 0. The van der Waals surface area contributed by atoms with Crippen LogP contribution in [0, 0.1) is 68.0 Å². The fraction of sp³-hybridized carbons (Fsp3) is 0.766. The highest BCUT2D eigenvalue weighted by Gasteiger charge is 2.71. The average Bonchev–Trinajstić information content (AvgIpc) is 3.41. The van der Waals surface area contributed by atoms with Crippen LogP contribution < -0.4 is 5.32 Å². The number of carboxylic acid groups (broad SMARTS) is 1. The van der Waals surface area contributed by atoms with Gasteiger partial charge in [-0.15, -0.1) is 0 Å². The third-order valence-electron chi connectivity index (χ3n) is 18.1. The molecular formula is C47H69NO6. The van der Waals surface area contributed by atoms with E-state index >= 15 is 0 Å². The van der Waals surface area contributed by atoms with E-state index in [0.717, 1.165) is 56.9 Å². The van der Waals surface area contributed by atoms with Crippen LogP contribution in [0.5, 0.6) is 0 Å². The zero-order valence-corrected chi connectivity index (χ0v) is 34.9. The maximum Gasteiger partial charge on any atom is 0.309 e. The predicted octanol–water partition coefficient (Wildman–Crippen LogP) is 9.34. The Balaban J connectivity index is 1.14. The van der Waals surface area contributed by atoms with Crippen molar-refractivity contribution in [2.45, 2.75) is 152 Å². The molecule has 54 heavy (non-hydrogen) atoms. The quantitative estimate of drug-likeness (QED) is 0.216. The minimum atomic E-state index is -0.826. The summed E-state index contributed by atoms with van der Waals surface area (Å²) in [6.07, 6.45) is 7.99. The fourth-order valence-electron chi connectivity index (χ4n) is 14.6. The zero-order valence-electron chi connectivity index (χ0n) is 34.9. The van der Waals surface area contributed by atoms with Gasteiger partial charge in [-0.2, -0.15) is 0 Å². The number of benzene rings is 1. The van der Waals surface area contributed by atoms with Crippen molar-refractivity contribution in [3.63, 3.8) is 0 Å². The summed E-state index contributed by atoms with van der Waals surface area (Å²) in [4.78, 5) is 39.5. The van der Waals surface area contributed by atoms with Gasteiger partial charge in [-0.3, -0.25) is 14.4 Å². The maximum atomic E-state index is 14.1. The van der Waals surface area contributed by atoms with Crippen molar-refractivity contribution in [3.8, 4) is 0 Å². The molecule has 7 rings (SSSR count). The molecule has 0 bridgehead atoms. The number of ether oxygens (including phenoxy) is 1. The Kier molecular flexibility index (Phi) is 9.77. The number of ketones is 1. The van der Waals surface area contributed by atoms with Gasteiger partial charge in [-0.25, -0.2) is 0 Å². The van der Waals surface area contributed by atoms with Crippen LogP contribution in [0.4, 0.5) is 0 Å². The van der Waals surface area contributed by atoms with Gasteiger partial charge in [0.2, 0.25) is 0 Å². The number of esters is 1. The minimum Gasteiger partial charge on any atom is -0.481 e. The van der Waals surface area contributed by atoms with Gasteiger partial charge >= 0.3 is 11.9 Å². The lowest BCUT2D eigenvalue weighted by atomic mass is 9.33. The molecule has 0 saturated heterocycles. The number of hydrogen-bond donors (Lipinski definition) is 3. The molecule has 7 nitrogen and oxygen atoms in total. The average molecular weight is 744 g/mol. The molecule has 298 valence electrons. The highest BCUT2D eigenvalue weighted by Crippen LogP contribution is 2.77. The molecule has 1 aromatic carbocycles. The van der Waals surface area contributed by atoms with Gasteiger partial charge in [0, 0.05) is 29.8 Å². The lowest BCUT2D eigenvalue weighted by Crippen LogP contribution is -2.66. The lowest BCUT2D eigenvalue weighted by Gasteiger charge is -2.72. The number of fused-ring (bicyclic) bond motifs is 7. The highest BCUT2D eigenvalue weighted by atomic mass is 16.5. The summed E-state index contributed by atoms with van der Waals surface area (Å²) in [5, 5.41) is 25.6. The van der Waals surface area contributed by atoms with E-state index in [4.69, 9.17) is 4.74 Å². The van der Waals surface area contributed by atoms with E-state index in [0.29, 0.717) is 31.2 Å². The summed E-state index contributed by atoms with van der Waals surface area (Å²) in [5.74, 6) is -0.375. The second-order valence-electron chi connectivity index (χ2n) is 21.2. The molecule has 6 aliphatic rings. The molecule has 0 unspecified atom stereocenters.